The van der Waals surface area contributed by atoms with Gasteiger partial charge in [-0.2, -0.15) is 4.40 Å². The van der Waals surface area contributed by atoms with Gasteiger partial charge in [0.1, 0.15) is 11.0 Å². The van der Waals surface area contributed by atoms with E-state index in [1.807, 2.05) is 58.0 Å². The van der Waals surface area contributed by atoms with Gasteiger partial charge in [0.05, 0.1) is 15.8 Å². The molecular weight excluding hydrogens is 254 g/mol. The van der Waals surface area contributed by atoms with Gasteiger partial charge in [-0.15, -0.1) is 11.6 Å². The molecule has 0 aliphatic carbocycles. The third-order valence-electron chi connectivity index (χ3n) is 2.15. The standard InChI is InChI=1S/C13H18ClNOS/c1-10(14)12(11-8-6-5-7-9-11)15-17(16)13(2,3)4/h5-10H,1-4H3/b15-12-/t10?,17-/m1/s1. The van der Waals surface area contributed by atoms with Gasteiger partial charge in [0.15, 0.2) is 0 Å². The summed E-state index contributed by atoms with van der Waals surface area (Å²) >= 11 is 6.11. The second-order valence-electron chi connectivity index (χ2n) is 4.82. The summed E-state index contributed by atoms with van der Waals surface area (Å²) in [7, 11) is -1.28. The molecule has 0 aliphatic heterocycles. The molecule has 0 radical (unpaired) electrons. The summed E-state index contributed by atoms with van der Waals surface area (Å²) in [6.07, 6.45) is 0. The van der Waals surface area contributed by atoms with Gasteiger partial charge in [0, 0.05) is 0 Å². The van der Waals surface area contributed by atoms with E-state index in [4.69, 9.17) is 11.6 Å². The monoisotopic (exact) mass is 271 g/mol. The van der Waals surface area contributed by atoms with Crippen molar-refractivity contribution in [3.05, 3.63) is 35.9 Å². The van der Waals surface area contributed by atoms with Crippen LogP contribution >= 0.6 is 11.6 Å². The van der Waals surface area contributed by atoms with Crippen LogP contribution in [0.25, 0.3) is 0 Å². The quantitative estimate of drug-likeness (QED) is 0.610. The smallest absolute Gasteiger partial charge is 0.145 e. The Morgan fingerprint density at radius 1 is 1.29 bits per heavy atom. The van der Waals surface area contributed by atoms with E-state index in [9.17, 15) is 4.21 Å². The van der Waals surface area contributed by atoms with E-state index >= 15 is 0 Å². The summed E-state index contributed by atoms with van der Waals surface area (Å²) in [5.41, 5.74) is 1.60. The highest BCUT2D eigenvalue weighted by Crippen LogP contribution is 2.16. The molecule has 0 saturated heterocycles. The van der Waals surface area contributed by atoms with Crippen LogP contribution < -0.4 is 0 Å². The van der Waals surface area contributed by atoms with Crippen molar-refractivity contribution in [1.29, 1.82) is 0 Å². The third kappa shape index (κ3) is 4.25. The number of benzene rings is 1. The zero-order valence-electron chi connectivity index (χ0n) is 10.6. The molecule has 1 rings (SSSR count). The molecule has 0 heterocycles. The number of nitrogens with zero attached hydrogens (tertiary/aromatic N) is 1. The zero-order valence-corrected chi connectivity index (χ0v) is 12.2. The van der Waals surface area contributed by atoms with E-state index in [1.54, 1.807) is 0 Å². The molecular formula is C13H18ClNOS. The van der Waals surface area contributed by atoms with Gasteiger partial charge in [-0.05, 0) is 33.3 Å². The molecule has 0 amide bonds. The van der Waals surface area contributed by atoms with Gasteiger partial charge in [-0.3, -0.25) is 0 Å². The molecule has 17 heavy (non-hydrogen) atoms. The van der Waals surface area contributed by atoms with E-state index in [2.05, 4.69) is 4.40 Å². The van der Waals surface area contributed by atoms with E-state index in [1.165, 1.54) is 0 Å². The molecule has 0 aliphatic rings. The lowest BCUT2D eigenvalue weighted by molar-refractivity contribution is 0.650. The Morgan fingerprint density at radius 3 is 2.24 bits per heavy atom. The van der Waals surface area contributed by atoms with Crippen LogP contribution in [0.4, 0.5) is 0 Å². The van der Waals surface area contributed by atoms with Crippen LogP contribution in [-0.2, 0) is 11.0 Å². The van der Waals surface area contributed by atoms with Gasteiger partial charge in [0.2, 0.25) is 0 Å². The largest absolute Gasteiger partial charge is 0.234 e. The molecule has 1 unspecified atom stereocenters. The summed E-state index contributed by atoms with van der Waals surface area (Å²) in [4.78, 5) is 0. The maximum absolute atomic E-state index is 12.0. The molecule has 4 heteroatoms. The maximum atomic E-state index is 12.0. The summed E-state index contributed by atoms with van der Waals surface area (Å²) < 4.78 is 15.9. The fraction of sp³-hybridized carbons (Fsp3) is 0.462. The highest BCUT2D eigenvalue weighted by molar-refractivity contribution is 7.85. The van der Waals surface area contributed by atoms with Gasteiger partial charge in [-0.25, -0.2) is 4.21 Å². The van der Waals surface area contributed by atoms with E-state index < -0.39 is 11.0 Å². The Morgan fingerprint density at radius 2 is 1.82 bits per heavy atom. The van der Waals surface area contributed by atoms with Crippen LogP contribution in [0.5, 0.6) is 0 Å². The van der Waals surface area contributed by atoms with Gasteiger partial charge >= 0.3 is 0 Å². The predicted molar refractivity (Wildman–Crippen MR) is 76.2 cm³/mol. The van der Waals surface area contributed by atoms with Gasteiger partial charge < -0.3 is 0 Å². The van der Waals surface area contributed by atoms with Crippen LogP contribution in [0.3, 0.4) is 0 Å². The lowest BCUT2D eigenvalue weighted by Gasteiger charge is -2.16. The number of hydrogen-bond donors (Lipinski definition) is 0. The van der Waals surface area contributed by atoms with E-state index in [0.29, 0.717) is 5.71 Å². The average molecular weight is 272 g/mol. The van der Waals surface area contributed by atoms with E-state index in [-0.39, 0.29) is 10.1 Å². The summed E-state index contributed by atoms with van der Waals surface area (Å²) in [6, 6.07) is 9.63. The lowest BCUT2D eigenvalue weighted by Crippen LogP contribution is -2.23. The van der Waals surface area contributed by atoms with Crippen molar-refractivity contribution in [1.82, 2.24) is 0 Å². The van der Waals surface area contributed by atoms with Crippen molar-refractivity contribution < 1.29 is 4.21 Å². The SMILES string of the molecule is CC(Cl)/C(=N/[S@](=O)C(C)(C)C)c1ccccc1. The molecule has 94 valence electrons. The Hall–Kier alpha value is -0.670. The number of hydrogen-bond acceptors (Lipinski definition) is 1. The molecule has 0 spiro atoms. The van der Waals surface area contributed by atoms with Crippen LogP contribution in [0.2, 0.25) is 0 Å². The average Bonchev–Trinajstić information content (AvgIpc) is 2.25. The second kappa shape index (κ2) is 5.78. The third-order valence-corrected chi connectivity index (χ3v) is 3.77. The minimum atomic E-state index is -1.28. The summed E-state index contributed by atoms with van der Waals surface area (Å²) in [6.45, 7) is 7.53. The fourth-order valence-corrected chi connectivity index (χ4v) is 2.14. The normalized spacial score (nSPS) is 16.6. The van der Waals surface area contributed by atoms with Crippen molar-refractivity contribution in [2.45, 2.75) is 37.8 Å². The first kappa shape index (κ1) is 14.4. The molecule has 1 aromatic rings. The molecule has 0 saturated carbocycles. The Kier molecular flexibility index (Phi) is 4.90. The van der Waals surface area contributed by atoms with Crippen LogP contribution in [-0.4, -0.2) is 20.0 Å². The van der Waals surface area contributed by atoms with Crippen LogP contribution in [0.1, 0.15) is 33.3 Å². The molecule has 0 N–H and O–H groups in total. The van der Waals surface area contributed by atoms with Gasteiger partial charge in [-0.1, -0.05) is 30.3 Å². The number of rotatable bonds is 3. The minimum Gasteiger partial charge on any atom is -0.234 e. The molecule has 0 aromatic heterocycles. The maximum Gasteiger partial charge on any atom is 0.145 e. The first-order valence-electron chi connectivity index (χ1n) is 5.52. The summed E-state index contributed by atoms with van der Waals surface area (Å²) in [5.74, 6) is 0. The molecule has 0 bridgehead atoms. The van der Waals surface area contributed by atoms with Gasteiger partial charge in [0.25, 0.3) is 0 Å². The highest BCUT2D eigenvalue weighted by atomic mass is 35.5. The van der Waals surface area contributed by atoms with Crippen molar-refractivity contribution in [3.63, 3.8) is 0 Å². The number of alkyl halides is 1. The molecule has 2 nitrogen and oxygen atoms in total. The first-order chi connectivity index (χ1) is 7.82. The number of halogens is 1. The second-order valence-corrected chi connectivity index (χ2v) is 7.38. The van der Waals surface area contributed by atoms with Crippen molar-refractivity contribution in [3.8, 4) is 0 Å². The van der Waals surface area contributed by atoms with Crippen molar-refractivity contribution >= 4 is 28.3 Å². The minimum absolute atomic E-state index is 0.260. The first-order valence-corrected chi connectivity index (χ1v) is 7.07. The van der Waals surface area contributed by atoms with Crippen LogP contribution in [0, 0.1) is 0 Å². The molecule has 1 aromatic carbocycles. The van der Waals surface area contributed by atoms with Crippen molar-refractivity contribution in [2.75, 3.05) is 0 Å². The zero-order chi connectivity index (χ0) is 13.1. The van der Waals surface area contributed by atoms with Crippen molar-refractivity contribution in [2.24, 2.45) is 4.40 Å². The molecule has 0 fully saturated rings. The van der Waals surface area contributed by atoms with Crippen LogP contribution in [0.15, 0.2) is 34.7 Å². The summed E-state index contributed by atoms with van der Waals surface area (Å²) in [5, 5.41) is -0.260. The molecule has 2 atom stereocenters. The fourth-order valence-electron chi connectivity index (χ4n) is 1.19. The highest BCUT2D eigenvalue weighted by Gasteiger charge is 2.21. The van der Waals surface area contributed by atoms with E-state index in [0.717, 1.165) is 5.56 Å². The lowest BCUT2D eigenvalue weighted by atomic mass is 10.1. The Labute approximate surface area is 111 Å². The Balaban J connectivity index is 3.12. The topological polar surface area (TPSA) is 29.4 Å². The predicted octanol–water partition coefficient (Wildman–Crippen LogP) is 3.57. The Bertz CT molecular complexity index is 421.